The van der Waals surface area contributed by atoms with Crippen LogP contribution in [0.15, 0.2) is 78.1 Å². The number of allylic oxidation sites excluding steroid dienone is 1. The molecule has 0 saturated carbocycles. The summed E-state index contributed by atoms with van der Waals surface area (Å²) in [6.45, 7) is 0.374. The molecule has 0 amide bonds. The zero-order chi connectivity index (χ0) is 23.7. The van der Waals surface area contributed by atoms with E-state index in [0.29, 0.717) is 23.5 Å². The summed E-state index contributed by atoms with van der Waals surface area (Å²) >= 11 is 0. The van der Waals surface area contributed by atoms with Gasteiger partial charge in [-0.3, -0.25) is 9.98 Å². The third-order valence-corrected chi connectivity index (χ3v) is 5.46. The lowest BCUT2D eigenvalue weighted by molar-refractivity contribution is 0.415. The van der Waals surface area contributed by atoms with Gasteiger partial charge in [0, 0.05) is 42.1 Å². The summed E-state index contributed by atoms with van der Waals surface area (Å²) in [7, 11) is -2.97. The van der Waals surface area contributed by atoms with Gasteiger partial charge in [0.2, 0.25) is 0 Å². The van der Waals surface area contributed by atoms with Crippen LogP contribution < -0.4 is 15.8 Å². The standard InChI is InChI=1S/C24H25FN4O3S/c1-32-21-7-4-19(5-8-21)20-6-9-24(29-13-14-33(25,30)31)22(15-20)23(26)10-12-28-17-18-3-2-11-27-16-18/h2-12,15-16,29H,13-14,17,26H2,1H3. The Morgan fingerprint density at radius 2 is 1.94 bits per heavy atom. The van der Waals surface area contributed by atoms with Crippen molar-refractivity contribution in [1.82, 2.24) is 4.98 Å². The summed E-state index contributed by atoms with van der Waals surface area (Å²) in [5.74, 6) is 0.108. The van der Waals surface area contributed by atoms with E-state index in [1.807, 2.05) is 48.5 Å². The first-order chi connectivity index (χ1) is 15.9. The highest BCUT2D eigenvalue weighted by molar-refractivity contribution is 7.86. The van der Waals surface area contributed by atoms with Gasteiger partial charge in [-0.05, 0) is 53.1 Å². The van der Waals surface area contributed by atoms with Gasteiger partial charge >= 0.3 is 10.2 Å². The number of benzene rings is 2. The van der Waals surface area contributed by atoms with E-state index >= 15 is 0 Å². The van der Waals surface area contributed by atoms with E-state index in [9.17, 15) is 12.3 Å². The molecule has 3 rings (SSSR count). The maximum atomic E-state index is 12.9. The van der Waals surface area contributed by atoms with E-state index < -0.39 is 16.0 Å². The number of nitrogens with one attached hydrogen (secondary N) is 1. The van der Waals surface area contributed by atoms with E-state index in [1.54, 1.807) is 37.9 Å². The number of halogens is 1. The van der Waals surface area contributed by atoms with E-state index in [2.05, 4.69) is 15.3 Å². The van der Waals surface area contributed by atoms with Crippen LogP contribution >= 0.6 is 0 Å². The summed E-state index contributed by atoms with van der Waals surface area (Å²) in [5, 5.41) is 2.95. The molecule has 0 atom stereocenters. The van der Waals surface area contributed by atoms with Gasteiger partial charge in [0.05, 0.1) is 19.4 Å². The molecule has 3 N–H and O–H groups in total. The summed E-state index contributed by atoms with van der Waals surface area (Å²) < 4.78 is 39.8. The van der Waals surface area contributed by atoms with Crippen molar-refractivity contribution < 1.29 is 17.0 Å². The Balaban J connectivity index is 1.86. The maximum absolute atomic E-state index is 12.9. The molecule has 1 heterocycles. The number of aliphatic imine (C=N–C) groups is 1. The zero-order valence-electron chi connectivity index (χ0n) is 18.1. The average molecular weight is 469 g/mol. The van der Waals surface area contributed by atoms with Crippen LogP contribution in [0.4, 0.5) is 9.57 Å². The van der Waals surface area contributed by atoms with Crippen molar-refractivity contribution >= 4 is 27.8 Å². The van der Waals surface area contributed by atoms with Crippen LogP contribution in [0.3, 0.4) is 0 Å². The SMILES string of the molecule is COc1ccc(-c2ccc(NCCS(=O)(=O)F)c(C(N)=CC=NCc3cccnc3)c2)cc1. The van der Waals surface area contributed by atoms with E-state index in [4.69, 9.17) is 10.5 Å². The Morgan fingerprint density at radius 1 is 1.18 bits per heavy atom. The fourth-order valence-electron chi connectivity index (χ4n) is 3.08. The van der Waals surface area contributed by atoms with Crippen molar-refractivity contribution in [3.05, 3.63) is 84.2 Å². The van der Waals surface area contributed by atoms with Crippen molar-refractivity contribution in [2.24, 2.45) is 10.7 Å². The van der Waals surface area contributed by atoms with Crippen LogP contribution in [0.5, 0.6) is 5.75 Å². The third-order valence-electron chi connectivity index (χ3n) is 4.77. The third kappa shape index (κ3) is 7.43. The fourth-order valence-corrected chi connectivity index (χ4v) is 3.43. The number of pyridine rings is 1. The van der Waals surface area contributed by atoms with Crippen molar-refractivity contribution in [3.63, 3.8) is 0 Å². The Kier molecular flexibility index (Phi) is 8.15. The lowest BCUT2D eigenvalue weighted by Gasteiger charge is -2.14. The number of nitrogens with zero attached hydrogens (tertiary/aromatic N) is 2. The van der Waals surface area contributed by atoms with Crippen molar-refractivity contribution in [3.8, 4) is 16.9 Å². The molecule has 33 heavy (non-hydrogen) atoms. The summed E-state index contributed by atoms with van der Waals surface area (Å²) in [6, 6.07) is 16.9. The Morgan fingerprint density at radius 3 is 2.61 bits per heavy atom. The number of methoxy groups -OCH3 is 1. The van der Waals surface area contributed by atoms with Gasteiger partial charge in [0.1, 0.15) is 5.75 Å². The second-order valence-electron chi connectivity index (χ2n) is 7.13. The predicted octanol–water partition coefficient (Wildman–Crippen LogP) is 4.04. The monoisotopic (exact) mass is 468 g/mol. The minimum absolute atomic E-state index is 0.0872. The Bertz CT molecular complexity index is 1230. The van der Waals surface area contributed by atoms with Gasteiger partial charge in [0.15, 0.2) is 0 Å². The Labute approximate surface area is 193 Å². The van der Waals surface area contributed by atoms with Crippen molar-refractivity contribution in [2.45, 2.75) is 6.54 Å². The molecule has 0 fully saturated rings. The van der Waals surface area contributed by atoms with E-state index in [1.165, 1.54) is 0 Å². The highest BCUT2D eigenvalue weighted by atomic mass is 32.3. The van der Waals surface area contributed by atoms with E-state index in [0.717, 1.165) is 22.4 Å². The molecule has 0 spiro atoms. The van der Waals surface area contributed by atoms with Gasteiger partial charge in [-0.25, -0.2) is 0 Å². The quantitative estimate of drug-likeness (QED) is 0.344. The summed E-state index contributed by atoms with van der Waals surface area (Å²) in [6.07, 6.45) is 6.71. The number of ether oxygens (including phenoxy) is 1. The average Bonchev–Trinajstić information content (AvgIpc) is 2.82. The molecule has 0 aliphatic heterocycles. The number of aromatic nitrogens is 1. The first-order valence-electron chi connectivity index (χ1n) is 10.2. The molecule has 1 aromatic heterocycles. The number of nitrogens with two attached hydrogens (primary N) is 1. The molecule has 0 unspecified atom stereocenters. The summed E-state index contributed by atoms with van der Waals surface area (Å²) in [4.78, 5) is 8.40. The molecule has 0 radical (unpaired) electrons. The Hall–Kier alpha value is -3.72. The fraction of sp³-hybridized carbons (Fsp3) is 0.167. The summed E-state index contributed by atoms with van der Waals surface area (Å²) in [5.41, 5.74) is 10.8. The first-order valence-corrected chi connectivity index (χ1v) is 11.7. The zero-order valence-corrected chi connectivity index (χ0v) is 18.9. The molecular formula is C24H25FN4O3S. The van der Waals surface area contributed by atoms with Crippen LogP contribution in [0.1, 0.15) is 11.1 Å². The largest absolute Gasteiger partial charge is 0.497 e. The minimum Gasteiger partial charge on any atom is -0.497 e. The molecule has 0 bridgehead atoms. The highest BCUT2D eigenvalue weighted by Gasteiger charge is 2.11. The van der Waals surface area contributed by atoms with Crippen LogP contribution in [-0.2, 0) is 16.8 Å². The topological polar surface area (TPSA) is 107 Å². The molecule has 3 aromatic rings. The number of rotatable bonds is 10. The van der Waals surface area contributed by atoms with Gasteiger partial charge in [0.25, 0.3) is 0 Å². The lowest BCUT2D eigenvalue weighted by atomic mass is 10.00. The highest BCUT2D eigenvalue weighted by Crippen LogP contribution is 2.29. The smallest absolute Gasteiger partial charge is 0.304 e. The maximum Gasteiger partial charge on any atom is 0.304 e. The van der Waals surface area contributed by atoms with Gasteiger partial charge in [-0.2, -0.15) is 8.42 Å². The minimum atomic E-state index is -4.58. The molecule has 9 heteroatoms. The second kappa shape index (κ2) is 11.2. The molecular weight excluding hydrogens is 443 g/mol. The lowest BCUT2D eigenvalue weighted by Crippen LogP contribution is -2.13. The van der Waals surface area contributed by atoms with Gasteiger partial charge in [-0.15, -0.1) is 3.89 Å². The van der Waals surface area contributed by atoms with Crippen LogP contribution in [0.2, 0.25) is 0 Å². The van der Waals surface area contributed by atoms with Crippen molar-refractivity contribution in [2.75, 3.05) is 24.7 Å². The molecule has 0 aliphatic rings. The molecule has 2 aromatic carbocycles. The van der Waals surface area contributed by atoms with Crippen molar-refractivity contribution in [1.29, 1.82) is 0 Å². The molecule has 0 saturated heterocycles. The predicted molar refractivity (Wildman–Crippen MR) is 130 cm³/mol. The van der Waals surface area contributed by atoms with Crippen LogP contribution in [0.25, 0.3) is 16.8 Å². The normalized spacial score (nSPS) is 12.1. The number of hydrogen-bond donors (Lipinski definition) is 2. The number of anilines is 1. The second-order valence-corrected chi connectivity index (χ2v) is 8.62. The van der Waals surface area contributed by atoms with Crippen LogP contribution in [-0.4, -0.2) is 39.0 Å². The van der Waals surface area contributed by atoms with Crippen LogP contribution in [0, 0.1) is 0 Å². The molecule has 172 valence electrons. The van der Waals surface area contributed by atoms with Gasteiger partial charge < -0.3 is 15.8 Å². The van der Waals surface area contributed by atoms with E-state index in [-0.39, 0.29) is 6.54 Å². The number of hydrogen-bond acceptors (Lipinski definition) is 7. The molecule has 0 aliphatic carbocycles. The first kappa shape index (κ1) is 23.9. The molecule has 7 nitrogen and oxygen atoms in total. The van der Waals surface area contributed by atoms with Gasteiger partial charge in [-0.1, -0.05) is 24.3 Å².